The van der Waals surface area contributed by atoms with E-state index in [1.54, 1.807) is 0 Å². The lowest BCUT2D eigenvalue weighted by Crippen LogP contribution is -2.67. The quantitative estimate of drug-likeness (QED) is 0.872. The maximum atomic E-state index is 9.59. The Morgan fingerprint density at radius 1 is 1.21 bits per heavy atom. The summed E-state index contributed by atoms with van der Waals surface area (Å²) in [4.78, 5) is 2.53. The van der Waals surface area contributed by atoms with E-state index in [1.807, 2.05) is 0 Å². The summed E-state index contributed by atoms with van der Waals surface area (Å²) < 4.78 is 0. The van der Waals surface area contributed by atoms with Crippen molar-refractivity contribution >= 4 is 0 Å². The Balaban J connectivity index is 1.71. The van der Waals surface area contributed by atoms with Crippen LogP contribution in [0, 0.1) is 0 Å². The highest BCUT2D eigenvalue weighted by molar-refractivity contribution is 5.16. The van der Waals surface area contributed by atoms with Gasteiger partial charge in [0.1, 0.15) is 0 Å². The zero-order chi connectivity index (χ0) is 13.3. The number of rotatable bonds is 3. The second kappa shape index (κ2) is 5.23. The van der Waals surface area contributed by atoms with Crippen LogP contribution < -0.4 is 5.73 Å². The average Bonchev–Trinajstić information content (AvgIpc) is 2.39. The van der Waals surface area contributed by atoms with Gasteiger partial charge in [-0.2, -0.15) is 0 Å². The van der Waals surface area contributed by atoms with Crippen LogP contribution in [0.4, 0.5) is 0 Å². The third-order valence-electron chi connectivity index (χ3n) is 4.74. The van der Waals surface area contributed by atoms with Crippen LogP contribution in [-0.2, 0) is 6.54 Å². The molecule has 2 fully saturated rings. The maximum absolute atomic E-state index is 9.59. The largest absolute Gasteiger partial charge is 0.393 e. The summed E-state index contributed by atoms with van der Waals surface area (Å²) in [5, 5.41) is 9.59. The van der Waals surface area contributed by atoms with Gasteiger partial charge in [0.05, 0.1) is 6.10 Å². The van der Waals surface area contributed by atoms with E-state index in [2.05, 4.69) is 35.2 Å². The second-order valence-corrected chi connectivity index (χ2v) is 6.26. The van der Waals surface area contributed by atoms with Crippen molar-refractivity contribution in [2.45, 2.75) is 56.3 Å². The molecule has 1 atom stereocenters. The number of likely N-dealkylation sites (tertiary alicyclic amines) is 1. The molecule has 3 rings (SSSR count). The number of hydrogen-bond donors (Lipinski definition) is 2. The van der Waals surface area contributed by atoms with E-state index in [9.17, 15) is 5.11 Å². The number of nitrogens with two attached hydrogens (primary N) is 1. The molecule has 1 aliphatic carbocycles. The van der Waals surface area contributed by atoms with Gasteiger partial charge in [-0.15, -0.1) is 0 Å². The summed E-state index contributed by atoms with van der Waals surface area (Å²) in [7, 11) is 0. The summed E-state index contributed by atoms with van der Waals surface area (Å²) in [5.74, 6) is 0. The Kier molecular flexibility index (Phi) is 3.61. The lowest BCUT2D eigenvalue weighted by atomic mass is 9.67. The molecule has 1 unspecified atom stereocenters. The smallest absolute Gasteiger partial charge is 0.0576 e. The molecule has 3 N–H and O–H groups in total. The third-order valence-corrected chi connectivity index (χ3v) is 4.74. The molecule has 3 heteroatoms. The van der Waals surface area contributed by atoms with Crippen molar-refractivity contribution in [3.05, 3.63) is 35.9 Å². The Morgan fingerprint density at radius 2 is 1.95 bits per heavy atom. The van der Waals surface area contributed by atoms with Gasteiger partial charge in [-0.1, -0.05) is 36.8 Å². The third kappa shape index (κ3) is 2.69. The van der Waals surface area contributed by atoms with Gasteiger partial charge >= 0.3 is 0 Å². The minimum absolute atomic E-state index is 0.158. The van der Waals surface area contributed by atoms with Crippen molar-refractivity contribution in [3.63, 3.8) is 0 Å². The van der Waals surface area contributed by atoms with E-state index < -0.39 is 0 Å². The molecule has 1 heterocycles. The molecule has 0 radical (unpaired) electrons. The highest BCUT2D eigenvalue weighted by Gasteiger charge is 2.48. The zero-order valence-electron chi connectivity index (χ0n) is 11.5. The molecule has 1 aromatic carbocycles. The van der Waals surface area contributed by atoms with Crippen LogP contribution in [0.3, 0.4) is 0 Å². The summed E-state index contributed by atoms with van der Waals surface area (Å²) in [5.41, 5.74) is 7.71. The van der Waals surface area contributed by atoms with Crippen LogP contribution in [0.1, 0.15) is 37.7 Å². The standard InChI is InChI=1S/C16H24N2O/c17-16(10-14(19)11-16)15-8-4-5-9-18(15)12-13-6-2-1-3-7-13/h1-3,6-7,14-15,19H,4-5,8-12,17H2. The molecule has 1 saturated heterocycles. The number of aliphatic hydroxyl groups excluding tert-OH is 1. The Hall–Kier alpha value is -0.900. The fourth-order valence-corrected chi connectivity index (χ4v) is 3.74. The molecule has 1 saturated carbocycles. The van der Waals surface area contributed by atoms with Gasteiger partial charge in [0, 0.05) is 18.1 Å². The van der Waals surface area contributed by atoms with Crippen molar-refractivity contribution in [2.24, 2.45) is 5.73 Å². The van der Waals surface area contributed by atoms with Crippen molar-refractivity contribution < 1.29 is 5.11 Å². The van der Waals surface area contributed by atoms with E-state index >= 15 is 0 Å². The maximum Gasteiger partial charge on any atom is 0.0576 e. The Morgan fingerprint density at radius 3 is 2.63 bits per heavy atom. The number of nitrogens with zero attached hydrogens (tertiary/aromatic N) is 1. The van der Waals surface area contributed by atoms with Gasteiger partial charge in [0.15, 0.2) is 0 Å². The number of benzene rings is 1. The molecule has 0 spiro atoms. The summed E-state index contributed by atoms with van der Waals surface area (Å²) in [6, 6.07) is 11.1. The van der Waals surface area contributed by atoms with Crippen LogP contribution in [0.2, 0.25) is 0 Å². The molecule has 0 bridgehead atoms. The topological polar surface area (TPSA) is 49.5 Å². The predicted molar refractivity (Wildman–Crippen MR) is 76.7 cm³/mol. The second-order valence-electron chi connectivity index (χ2n) is 6.26. The monoisotopic (exact) mass is 260 g/mol. The van der Waals surface area contributed by atoms with Crippen LogP contribution in [0.25, 0.3) is 0 Å². The van der Waals surface area contributed by atoms with Gasteiger partial charge in [-0.05, 0) is 37.8 Å². The summed E-state index contributed by atoms with van der Waals surface area (Å²) >= 11 is 0. The summed E-state index contributed by atoms with van der Waals surface area (Å²) in [6.07, 6.45) is 5.07. The van der Waals surface area contributed by atoms with E-state index in [0.717, 1.165) is 25.9 Å². The van der Waals surface area contributed by atoms with E-state index in [-0.39, 0.29) is 11.6 Å². The van der Waals surface area contributed by atoms with Gasteiger partial charge in [0.2, 0.25) is 0 Å². The Labute approximate surface area is 115 Å². The van der Waals surface area contributed by atoms with Crippen molar-refractivity contribution in [3.8, 4) is 0 Å². The normalized spacial score (nSPS) is 35.9. The fraction of sp³-hybridized carbons (Fsp3) is 0.625. The highest BCUT2D eigenvalue weighted by Crippen LogP contribution is 2.39. The first kappa shape index (κ1) is 13.1. The molecule has 19 heavy (non-hydrogen) atoms. The van der Waals surface area contributed by atoms with E-state index in [4.69, 9.17) is 5.73 Å². The molecule has 0 amide bonds. The molecule has 2 aliphatic rings. The molecule has 3 nitrogen and oxygen atoms in total. The van der Waals surface area contributed by atoms with Crippen molar-refractivity contribution in [2.75, 3.05) is 6.54 Å². The molecule has 104 valence electrons. The van der Waals surface area contributed by atoms with Crippen LogP contribution in [0.15, 0.2) is 30.3 Å². The number of piperidine rings is 1. The van der Waals surface area contributed by atoms with Crippen molar-refractivity contribution in [1.29, 1.82) is 0 Å². The minimum Gasteiger partial charge on any atom is -0.393 e. The zero-order valence-corrected chi connectivity index (χ0v) is 11.5. The predicted octanol–water partition coefficient (Wildman–Crippen LogP) is 1.89. The van der Waals surface area contributed by atoms with Gasteiger partial charge in [-0.3, -0.25) is 4.90 Å². The lowest BCUT2D eigenvalue weighted by molar-refractivity contribution is -0.0431. The average molecular weight is 260 g/mol. The minimum atomic E-state index is -0.175. The first-order chi connectivity index (χ1) is 9.17. The molecule has 1 aromatic rings. The number of hydrogen-bond acceptors (Lipinski definition) is 3. The molecular formula is C16H24N2O. The van der Waals surface area contributed by atoms with Crippen LogP contribution >= 0.6 is 0 Å². The molecular weight excluding hydrogens is 236 g/mol. The van der Waals surface area contributed by atoms with E-state index in [0.29, 0.717) is 6.04 Å². The first-order valence-electron chi connectivity index (χ1n) is 7.42. The fourth-order valence-electron chi connectivity index (χ4n) is 3.74. The SMILES string of the molecule is NC1(C2CCCCN2Cc2ccccc2)CC(O)C1. The van der Waals surface area contributed by atoms with Gasteiger partial charge in [-0.25, -0.2) is 0 Å². The lowest BCUT2D eigenvalue weighted by Gasteiger charge is -2.53. The first-order valence-corrected chi connectivity index (χ1v) is 7.42. The Bertz CT molecular complexity index is 414. The van der Waals surface area contributed by atoms with Gasteiger partial charge < -0.3 is 10.8 Å². The number of aliphatic hydroxyl groups is 1. The van der Waals surface area contributed by atoms with Crippen LogP contribution in [0.5, 0.6) is 0 Å². The van der Waals surface area contributed by atoms with Crippen LogP contribution in [-0.4, -0.2) is 34.2 Å². The highest BCUT2D eigenvalue weighted by atomic mass is 16.3. The molecule has 1 aliphatic heterocycles. The van der Waals surface area contributed by atoms with E-state index in [1.165, 1.54) is 24.8 Å². The summed E-state index contributed by atoms with van der Waals surface area (Å²) in [6.45, 7) is 2.12. The van der Waals surface area contributed by atoms with Crippen molar-refractivity contribution in [1.82, 2.24) is 4.90 Å². The van der Waals surface area contributed by atoms with Gasteiger partial charge in [0.25, 0.3) is 0 Å². The molecule has 0 aromatic heterocycles.